The summed E-state index contributed by atoms with van der Waals surface area (Å²) in [7, 11) is 1.87. The van der Waals surface area contributed by atoms with E-state index in [1.165, 1.54) is 6.08 Å². The van der Waals surface area contributed by atoms with Gasteiger partial charge in [0.1, 0.15) is 12.3 Å². The number of esters is 1. The molecule has 6 nitrogen and oxygen atoms in total. The minimum absolute atomic E-state index is 0.0725. The van der Waals surface area contributed by atoms with E-state index in [2.05, 4.69) is 10.3 Å². The fourth-order valence-electron chi connectivity index (χ4n) is 2.29. The molecule has 3 aromatic rings. The van der Waals surface area contributed by atoms with E-state index in [4.69, 9.17) is 9.26 Å². The molecular weight excluding hydrogens is 326 g/mol. The number of carbonyl (C=O) groups excluding carboxylic acids is 1. The van der Waals surface area contributed by atoms with Crippen molar-refractivity contribution in [2.45, 2.75) is 20.5 Å². The second-order valence-electron chi connectivity index (χ2n) is 5.31. The van der Waals surface area contributed by atoms with Gasteiger partial charge in [0.15, 0.2) is 5.76 Å². The van der Waals surface area contributed by atoms with Crippen molar-refractivity contribution >= 4 is 23.4 Å². The highest BCUT2D eigenvalue weighted by molar-refractivity contribution is 7.13. The van der Waals surface area contributed by atoms with Crippen LogP contribution in [0.2, 0.25) is 0 Å². The Balaban J connectivity index is 1.59. The summed E-state index contributed by atoms with van der Waals surface area (Å²) in [5.74, 6) is 0.242. The average Bonchev–Trinajstić information content (AvgIpc) is 3.27. The lowest BCUT2D eigenvalue weighted by molar-refractivity contribution is -0.139. The number of rotatable bonds is 5. The van der Waals surface area contributed by atoms with Crippen LogP contribution in [0.5, 0.6) is 0 Å². The van der Waals surface area contributed by atoms with Crippen LogP contribution in [0.4, 0.5) is 0 Å². The summed E-state index contributed by atoms with van der Waals surface area (Å²) in [6.07, 6.45) is 3.12. The van der Waals surface area contributed by atoms with Crippen LogP contribution in [0.3, 0.4) is 0 Å². The molecule has 3 aromatic heterocycles. The van der Waals surface area contributed by atoms with Crippen LogP contribution in [-0.4, -0.2) is 20.9 Å². The number of nitrogens with zero attached hydrogens (tertiary/aromatic N) is 3. The number of thiophene rings is 1. The lowest BCUT2D eigenvalue weighted by Crippen LogP contribution is -2.01. The van der Waals surface area contributed by atoms with Crippen molar-refractivity contribution in [2.75, 3.05) is 0 Å². The molecule has 124 valence electrons. The molecule has 3 rings (SSSR count). The lowest BCUT2D eigenvalue weighted by atomic mass is 10.2. The van der Waals surface area contributed by atoms with E-state index < -0.39 is 5.97 Å². The van der Waals surface area contributed by atoms with Crippen molar-refractivity contribution in [1.29, 1.82) is 0 Å². The van der Waals surface area contributed by atoms with Gasteiger partial charge in [0.2, 0.25) is 0 Å². The highest BCUT2D eigenvalue weighted by Crippen LogP contribution is 2.25. The molecule has 0 amide bonds. The molecule has 0 radical (unpaired) electrons. The van der Waals surface area contributed by atoms with Gasteiger partial charge in [0.05, 0.1) is 10.6 Å². The van der Waals surface area contributed by atoms with Crippen molar-refractivity contribution in [3.63, 3.8) is 0 Å². The van der Waals surface area contributed by atoms with Gasteiger partial charge in [-0.25, -0.2) is 4.79 Å². The third-order valence-corrected chi connectivity index (χ3v) is 4.52. The van der Waals surface area contributed by atoms with Gasteiger partial charge in [-0.3, -0.25) is 4.68 Å². The van der Waals surface area contributed by atoms with Gasteiger partial charge < -0.3 is 9.26 Å². The second kappa shape index (κ2) is 6.84. The molecular formula is C17H17N3O3S. The minimum Gasteiger partial charge on any atom is -0.456 e. The summed E-state index contributed by atoms with van der Waals surface area (Å²) < 4.78 is 12.2. The molecule has 0 saturated carbocycles. The van der Waals surface area contributed by atoms with E-state index in [1.807, 2.05) is 38.4 Å². The minimum atomic E-state index is -0.432. The molecule has 0 saturated heterocycles. The molecule has 0 bridgehead atoms. The SMILES string of the molecule is Cc1nn(C)c(C)c1/C=C/C(=O)OCc1cc(-c2cccs2)on1. The number of aromatic nitrogens is 3. The van der Waals surface area contributed by atoms with Crippen LogP contribution in [-0.2, 0) is 23.2 Å². The Kier molecular flexibility index (Phi) is 4.61. The molecule has 0 aromatic carbocycles. The summed E-state index contributed by atoms with van der Waals surface area (Å²) in [6, 6.07) is 5.66. The molecule has 0 fully saturated rings. The van der Waals surface area contributed by atoms with Crippen LogP contribution in [0.1, 0.15) is 22.6 Å². The quantitative estimate of drug-likeness (QED) is 0.524. The van der Waals surface area contributed by atoms with E-state index in [1.54, 1.807) is 28.2 Å². The van der Waals surface area contributed by atoms with Crippen LogP contribution in [0, 0.1) is 13.8 Å². The van der Waals surface area contributed by atoms with E-state index in [0.29, 0.717) is 11.5 Å². The van der Waals surface area contributed by atoms with Crippen molar-refractivity contribution in [2.24, 2.45) is 7.05 Å². The Morgan fingerprint density at radius 2 is 2.29 bits per heavy atom. The van der Waals surface area contributed by atoms with Crippen LogP contribution >= 0.6 is 11.3 Å². The Hall–Kier alpha value is -2.67. The number of hydrogen-bond acceptors (Lipinski definition) is 6. The molecule has 0 N–H and O–H groups in total. The van der Waals surface area contributed by atoms with Crippen molar-refractivity contribution in [1.82, 2.24) is 14.9 Å². The largest absolute Gasteiger partial charge is 0.456 e. The van der Waals surface area contributed by atoms with Crippen LogP contribution in [0.25, 0.3) is 16.7 Å². The molecule has 0 unspecified atom stereocenters. The van der Waals surface area contributed by atoms with Gasteiger partial charge in [-0.1, -0.05) is 11.2 Å². The predicted molar refractivity (Wildman–Crippen MR) is 91.3 cm³/mol. The number of aryl methyl sites for hydroxylation is 2. The first kappa shape index (κ1) is 16.2. The summed E-state index contributed by atoms with van der Waals surface area (Å²) in [4.78, 5) is 12.9. The van der Waals surface area contributed by atoms with E-state index in [-0.39, 0.29) is 6.61 Å². The maximum atomic E-state index is 11.9. The predicted octanol–water partition coefficient (Wildman–Crippen LogP) is 3.51. The van der Waals surface area contributed by atoms with Gasteiger partial charge in [-0.15, -0.1) is 11.3 Å². The first-order chi connectivity index (χ1) is 11.5. The van der Waals surface area contributed by atoms with Gasteiger partial charge in [0, 0.05) is 30.4 Å². The van der Waals surface area contributed by atoms with Crippen molar-refractivity contribution in [3.05, 3.63) is 52.3 Å². The highest BCUT2D eigenvalue weighted by Gasteiger charge is 2.10. The van der Waals surface area contributed by atoms with Crippen LogP contribution in [0.15, 0.2) is 34.2 Å². The lowest BCUT2D eigenvalue weighted by Gasteiger charge is -1.98. The number of ether oxygens (including phenoxy) is 1. The molecule has 7 heteroatoms. The second-order valence-corrected chi connectivity index (χ2v) is 6.26. The van der Waals surface area contributed by atoms with Gasteiger partial charge >= 0.3 is 5.97 Å². The van der Waals surface area contributed by atoms with Gasteiger partial charge in [0.25, 0.3) is 0 Å². The van der Waals surface area contributed by atoms with E-state index in [9.17, 15) is 4.79 Å². The fraction of sp³-hybridized carbons (Fsp3) is 0.235. The Morgan fingerprint density at radius 1 is 1.46 bits per heavy atom. The van der Waals surface area contributed by atoms with Crippen molar-refractivity contribution in [3.8, 4) is 10.6 Å². The topological polar surface area (TPSA) is 70.2 Å². The fourth-order valence-corrected chi connectivity index (χ4v) is 2.96. The Bertz CT molecular complexity index is 875. The van der Waals surface area contributed by atoms with Crippen molar-refractivity contribution < 1.29 is 14.1 Å². The molecule has 0 aliphatic rings. The van der Waals surface area contributed by atoms with Gasteiger partial charge in [-0.05, 0) is 31.4 Å². The highest BCUT2D eigenvalue weighted by atomic mass is 32.1. The third-order valence-electron chi connectivity index (χ3n) is 3.64. The standard InChI is InChI=1S/C17H17N3O3S/c1-11-14(12(2)20(3)18-11)6-7-17(21)22-10-13-9-15(23-19-13)16-5-4-8-24-16/h4-9H,10H2,1-3H3/b7-6+. The molecule has 24 heavy (non-hydrogen) atoms. The summed E-state index contributed by atoms with van der Waals surface area (Å²) in [5.41, 5.74) is 3.37. The van der Waals surface area contributed by atoms with Gasteiger partial charge in [-0.2, -0.15) is 5.10 Å². The number of carbonyl (C=O) groups is 1. The third kappa shape index (κ3) is 3.46. The maximum Gasteiger partial charge on any atom is 0.331 e. The summed E-state index contributed by atoms with van der Waals surface area (Å²) >= 11 is 1.56. The molecule has 3 heterocycles. The first-order valence-electron chi connectivity index (χ1n) is 7.39. The summed E-state index contributed by atoms with van der Waals surface area (Å²) in [5, 5.41) is 10.2. The number of hydrogen-bond donors (Lipinski definition) is 0. The first-order valence-corrected chi connectivity index (χ1v) is 8.27. The van der Waals surface area contributed by atoms with E-state index in [0.717, 1.165) is 21.8 Å². The zero-order valence-electron chi connectivity index (χ0n) is 13.6. The zero-order chi connectivity index (χ0) is 17.1. The molecule has 0 aliphatic carbocycles. The smallest absolute Gasteiger partial charge is 0.331 e. The Labute approximate surface area is 143 Å². The van der Waals surface area contributed by atoms with E-state index >= 15 is 0 Å². The monoisotopic (exact) mass is 343 g/mol. The normalized spacial score (nSPS) is 11.3. The molecule has 0 aliphatic heterocycles. The summed E-state index contributed by atoms with van der Waals surface area (Å²) in [6.45, 7) is 3.93. The molecule has 0 spiro atoms. The average molecular weight is 343 g/mol. The van der Waals surface area contributed by atoms with Crippen LogP contribution < -0.4 is 0 Å². The maximum absolute atomic E-state index is 11.9. The Morgan fingerprint density at radius 3 is 2.96 bits per heavy atom. The zero-order valence-corrected chi connectivity index (χ0v) is 14.5. The molecule has 0 atom stereocenters.